The van der Waals surface area contributed by atoms with Crippen molar-refractivity contribution in [1.82, 2.24) is 0 Å². The molecule has 0 radical (unpaired) electrons. The summed E-state index contributed by atoms with van der Waals surface area (Å²) in [6, 6.07) is 83.4. The van der Waals surface area contributed by atoms with E-state index in [0.29, 0.717) is 0 Å². The fourth-order valence-corrected chi connectivity index (χ4v) is 15.2. The number of halogens is 6. The predicted molar refractivity (Wildman–Crippen MR) is 368 cm³/mol. The van der Waals surface area contributed by atoms with Gasteiger partial charge < -0.3 is 0 Å². The minimum absolute atomic E-state index is 0.0637. The molecule has 0 heterocycles. The molecule has 0 unspecified atom stereocenters. The molecule has 0 spiro atoms. The maximum Gasteiger partial charge on any atom is -0.0524 e. The van der Waals surface area contributed by atoms with Gasteiger partial charge in [0, 0.05) is 0 Å². The molecule has 0 N–H and O–H groups in total. The van der Waals surface area contributed by atoms with Crippen LogP contribution in [0.3, 0.4) is 0 Å². The minimum atomic E-state index is -0.826. The molecule has 0 aromatic heterocycles. The second-order valence-corrected chi connectivity index (χ2v) is 34.6. The van der Waals surface area contributed by atoms with Gasteiger partial charge in [0.15, 0.2) is 0 Å². The molecule has 0 bridgehead atoms. The Hall–Kier alpha value is -3.41. The van der Waals surface area contributed by atoms with Gasteiger partial charge >= 0.3 is 114 Å². The van der Waals surface area contributed by atoms with Crippen LogP contribution in [0.15, 0.2) is 237 Å². The van der Waals surface area contributed by atoms with Gasteiger partial charge in [-0.2, -0.15) is 47.0 Å². The standard InChI is InChI=1S/C28H28.C25H20.C24H22.6ClH.3Zr/c1-2-3-11-21-16-17-22(20-21)28(18-9-4-10-19-28)27-25-14-7-5-12-23(25)24-13-6-8-15-26(24)27;1-25(2,23-16-15-17-9-3-4-10-18(17)23)24-21-13-7-5-11-19(21)20-12-6-8-14-22(20)24;1-8-16-24(17-9-1,18-10-2-3-11-18)23-21-14-6-4-12-19(21)20-13-5-7-15-22(20)23;;;;;;;;;/h2,5-8,12-17,20H,1,3-4,9-11,18-19H2;3-16H,1-2H3;2-7,10-15H,1,8-9,16-17H2;6*1H;;;/q3*-2;;;;;;;3*+4/p-6. The smallest absolute Gasteiger partial charge is 0.0524 e. The van der Waals surface area contributed by atoms with Crippen LogP contribution in [0.2, 0.25) is 0 Å². The molecule has 0 saturated heterocycles. The molecule has 9 heteroatoms. The molecule has 0 amide bonds. The second kappa shape index (κ2) is 31.1. The summed E-state index contributed by atoms with van der Waals surface area (Å²) in [6.45, 7) is 8.62. The number of allylic oxidation sites excluding steroid dienone is 1. The summed E-state index contributed by atoms with van der Waals surface area (Å²) in [4.78, 5) is 0. The second-order valence-electron chi connectivity index (χ2n) is 23.4. The Morgan fingerprint density at radius 2 is 0.756 bits per heavy atom. The van der Waals surface area contributed by atoms with Crippen molar-refractivity contribution in [2.24, 2.45) is 0 Å². The van der Waals surface area contributed by atoms with Crippen LogP contribution in [0.5, 0.6) is 0 Å². The van der Waals surface area contributed by atoms with E-state index in [0.717, 1.165) is 12.8 Å². The molecule has 0 aliphatic heterocycles. The van der Waals surface area contributed by atoms with Crippen molar-refractivity contribution in [3.05, 3.63) is 276 Å². The van der Waals surface area contributed by atoms with Crippen molar-refractivity contribution in [2.75, 3.05) is 0 Å². The van der Waals surface area contributed by atoms with Gasteiger partial charge in [0.25, 0.3) is 0 Å². The summed E-state index contributed by atoms with van der Waals surface area (Å²) in [5.41, 5.74) is 10.8. The first-order valence-corrected chi connectivity index (χ1v) is 49.0. The maximum atomic E-state index is 4.93. The van der Waals surface area contributed by atoms with Crippen LogP contribution in [0.25, 0.3) is 75.4 Å². The molecule has 2 aliphatic rings. The fourth-order valence-electron chi connectivity index (χ4n) is 15.2. The third-order valence-electron chi connectivity index (χ3n) is 18.6. The Morgan fingerprint density at radius 1 is 0.407 bits per heavy atom. The third-order valence-corrected chi connectivity index (χ3v) is 18.6. The minimum Gasteiger partial charge on any atom is -0.213 e. The number of aryl methyl sites for hydroxylation is 1. The molecule has 13 aromatic rings. The van der Waals surface area contributed by atoms with E-state index in [2.05, 4.69) is 245 Å². The number of hydrogen-bond acceptors (Lipinski definition) is 0. The van der Waals surface area contributed by atoms with Crippen molar-refractivity contribution in [1.29, 1.82) is 0 Å². The van der Waals surface area contributed by atoms with Gasteiger partial charge in [-0.05, 0) is 11.8 Å². The summed E-state index contributed by atoms with van der Waals surface area (Å²) >= 11 is -2.48. The largest absolute Gasteiger partial charge is 0.213 e. The molecule has 0 nitrogen and oxygen atoms in total. The summed E-state index contributed by atoms with van der Waals surface area (Å²) in [5.74, 6) is 0. The van der Waals surface area contributed by atoms with E-state index in [-0.39, 0.29) is 16.2 Å². The zero-order chi connectivity index (χ0) is 60.1. The molecule has 13 aromatic carbocycles. The summed E-state index contributed by atoms with van der Waals surface area (Å²) in [6.07, 6.45) is 17.3. The van der Waals surface area contributed by atoms with Crippen LogP contribution in [-0.2, 0) is 85.2 Å². The van der Waals surface area contributed by atoms with Crippen molar-refractivity contribution in [3.63, 3.8) is 0 Å². The van der Waals surface area contributed by atoms with Gasteiger partial charge in [-0.3, -0.25) is 0 Å². The Bertz CT molecular complexity index is 4100. The number of rotatable bonds is 9. The van der Waals surface area contributed by atoms with Crippen LogP contribution < -0.4 is 0 Å². The Labute approximate surface area is 565 Å². The third kappa shape index (κ3) is 13.5. The number of benzene rings is 7. The normalized spacial score (nSPS) is 14.2. The zero-order valence-electron chi connectivity index (χ0n) is 48.9. The molecule has 86 heavy (non-hydrogen) atoms. The van der Waals surface area contributed by atoms with Crippen LogP contribution in [0.1, 0.15) is 123 Å². The number of fused-ring (bicyclic) bond motifs is 10. The van der Waals surface area contributed by atoms with Gasteiger partial charge in [-0.15, -0.1) is 165 Å². The topological polar surface area (TPSA) is 0 Å². The summed E-state index contributed by atoms with van der Waals surface area (Å²) in [7, 11) is 29.6. The quantitative estimate of drug-likeness (QED) is 0.0998. The summed E-state index contributed by atoms with van der Waals surface area (Å²) in [5, 5.41) is 19.6. The SMILES string of the molecule is C=CCCc1cc[c-](C2([c-]3c4ccccc4c4ccccc43)CCCCC2)c1.CC(C)([c-]1ccc2ccccc21)[c-]1c2ccccc2c2ccccc21.[Cl][Zr+2][Cl].[Cl][Zr+2][Cl].[Cl][Zr+2][Cl].c1ccc2c(c1)c1ccccc1[c-]2C1([c-]2cccc2)CCCCC1. The van der Waals surface area contributed by atoms with Gasteiger partial charge in [-0.1, -0.05) is 217 Å². The zero-order valence-corrected chi connectivity index (χ0v) is 60.8. The Balaban J connectivity index is 0.000000134. The molecule has 0 atom stereocenters. The maximum absolute atomic E-state index is 4.93. The van der Waals surface area contributed by atoms with E-state index in [1.807, 2.05) is 6.08 Å². The van der Waals surface area contributed by atoms with Crippen LogP contribution >= 0.6 is 51.1 Å². The van der Waals surface area contributed by atoms with Crippen molar-refractivity contribution >= 4 is 126 Å². The first-order valence-electron chi connectivity index (χ1n) is 30.0. The van der Waals surface area contributed by atoms with Crippen LogP contribution in [-0.4, -0.2) is 0 Å². The van der Waals surface area contributed by atoms with Gasteiger partial charge in [0.2, 0.25) is 0 Å². The number of hydrogen-bond donors (Lipinski definition) is 0. The molecule has 432 valence electrons. The van der Waals surface area contributed by atoms with E-state index in [1.165, 1.54) is 167 Å². The Kier molecular flexibility index (Phi) is 23.7. The van der Waals surface area contributed by atoms with E-state index < -0.39 is 62.5 Å². The monoisotopic (exact) mass is 1470 g/mol. The van der Waals surface area contributed by atoms with E-state index in [9.17, 15) is 0 Å². The molecule has 2 saturated carbocycles. The van der Waals surface area contributed by atoms with Gasteiger partial charge in [0.1, 0.15) is 0 Å². The molecule has 2 aliphatic carbocycles. The Morgan fingerprint density at radius 3 is 1.16 bits per heavy atom. The van der Waals surface area contributed by atoms with Crippen molar-refractivity contribution < 1.29 is 62.5 Å². The van der Waals surface area contributed by atoms with E-state index in [1.54, 1.807) is 11.1 Å². The first kappa shape index (κ1) is 65.5. The van der Waals surface area contributed by atoms with Crippen LogP contribution in [0, 0.1) is 0 Å². The summed E-state index contributed by atoms with van der Waals surface area (Å²) < 4.78 is 0. The van der Waals surface area contributed by atoms with Crippen molar-refractivity contribution in [2.45, 2.75) is 107 Å². The van der Waals surface area contributed by atoms with Gasteiger partial charge in [-0.25, -0.2) is 18.2 Å². The van der Waals surface area contributed by atoms with E-state index in [4.69, 9.17) is 51.1 Å². The fraction of sp³-hybridized carbons (Fsp3) is 0.221. The van der Waals surface area contributed by atoms with Crippen molar-refractivity contribution in [3.8, 4) is 0 Å². The molecule has 15 rings (SSSR count). The predicted octanol–water partition coefficient (Wildman–Crippen LogP) is 25.5. The van der Waals surface area contributed by atoms with E-state index >= 15 is 0 Å². The molecule has 2 fully saturated rings. The average molecular weight is 1480 g/mol. The first-order chi connectivity index (χ1) is 42.2. The molecular formula is C77H70Cl6Zr3. The average Bonchev–Trinajstić information content (AvgIpc) is 1.64. The van der Waals surface area contributed by atoms with Crippen LogP contribution in [0.4, 0.5) is 0 Å². The van der Waals surface area contributed by atoms with Gasteiger partial charge in [0.05, 0.1) is 0 Å². The molecular weight excluding hydrogens is 1410 g/mol.